The van der Waals surface area contributed by atoms with E-state index < -0.39 is 0 Å². The molecule has 0 aliphatic carbocycles. The van der Waals surface area contributed by atoms with E-state index in [1.807, 2.05) is 18.3 Å². The number of rotatable bonds is 6. The van der Waals surface area contributed by atoms with Crippen LogP contribution >= 0.6 is 0 Å². The smallest absolute Gasteiger partial charge is 0.220 e. The normalized spacial score (nSPS) is 19.2. The molecule has 0 radical (unpaired) electrons. The van der Waals surface area contributed by atoms with Crippen molar-refractivity contribution in [2.45, 2.75) is 32.2 Å². The van der Waals surface area contributed by atoms with Crippen LogP contribution in [0.4, 0.5) is 5.82 Å². The Balaban J connectivity index is 1.47. The third-order valence-electron chi connectivity index (χ3n) is 4.89. The summed E-state index contributed by atoms with van der Waals surface area (Å²) in [7, 11) is 0. The number of ether oxygens (including phenoxy) is 1. The van der Waals surface area contributed by atoms with Crippen molar-refractivity contribution in [2.75, 3.05) is 44.3 Å². The molecule has 0 unspecified atom stereocenters. The van der Waals surface area contributed by atoms with Crippen LogP contribution in [0.5, 0.6) is 0 Å². The Labute approximate surface area is 144 Å². The summed E-state index contributed by atoms with van der Waals surface area (Å²) in [5.74, 6) is 1.81. The monoisotopic (exact) mass is 332 g/mol. The van der Waals surface area contributed by atoms with Gasteiger partial charge < -0.3 is 20.3 Å². The molecular formula is C18H28N4O2. The number of nitrogens with zero attached hydrogens (tertiary/aromatic N) is 2. The molecule has 2 N–H and O–H groups in total. The average molecular weight is 332 g/mol. The van der Waals surface area contributed by atoms with E-state index in [9.17, 15) is 4.79 Å². The van der Waals surface area contributed by atoms with Crippen molar-refractivity contribution < 1.29 is 9.53 Å². The first-order chi connectivity index (χ1) is 11.8. The molecule has 1 aromatic heterocycles. The second-order valence-electron chi connectivity index (χ2n) is 6.59. The van der Waals surface area contributed by atoms with Gasteiger partial charge in [0.15, 0.2) is 0 Å². The van der Waals surface area contributed by atoms with Gasteiger partial charge in [0.25, 0.3) is 0 Å². The van der Waals surface area contributed by atoms with Gasteiger partial charge in [-0.2, -0.15) is 0 Å². The van der Waals surface area contributed by atoms with E-state index in [4.69, 9.17) is 4.74 Å². The maximum absolute atomic E-state index is 12.2. The third-order valence-corrected chi connectivity index (χ3v) is 4.89. The fraction of sp³-hybridized carbons (Fsp3) is 0.667. The number of anilines is 1. The van der Waals surface area contributed by atoms with Gasteiger partial charge >= 0.3 is 0 Å². The van der Waals surface area contributed by atoms with Crippen LogP contribution in [0.3, 0.4) is 0 Å². The Morgan fingerprint density at radius 1 is 1.33 bits per heavy atom. The largest absolute Gasteiger partial charge is 0.378 e. The molecule has 0 saturated carbocycles. The van der Waals surface area contributed by atoms with Crippen LogP contribution in [0, 0.1) is 5.92 Å². The first-order valence-electron chi connectivity index (χ1n) is 9.07. The Kier molecular flexibility index (Phi) is 6.43. The molecule has 0 bridgehead atoms. The molecule has 0 aromatic carbocycles. The van der Waals surface area contributed by atoms with E-state index in [1.54, 1.807) is 0 Å². The van der Waals surface area contributed by atoms with Crippen molar-refractivity contribution in [2.24, 2.45) is 5.92 Å². The summed E-state index contributed by atoms with van der Waals surface area (Å²) >= 11 is 0. The molecule has 6 nitrogen and oxygen atoms in total. The van der Waals surface area contributed by atoms with Gasteiger partial charge in [-0.1, -0.05) is 6.07 Å². The molecule has 3 rings (SSSR count). The fourth-order valence-electron chi connectivity index (χ4n) is 3.42. The quantitative estimate of drug-likeness (QED) is 0.822. The Morgan fingerprint density at radius 2 is 2.12 bits per heavy atom. The van der Waals surface area contributed by atoms with Crippen molar-refractivity contribution in [3.8, 4) is 0 Å². The summed E-state index contributed by atoms with van der Waals surface area (Å²) in [6.45, 7) is 5.90. The van der Waals surface area contributed by atoms with Crippen molar-refractivity contribution in [3.63, 3.8) is 0 Å². The van der Waals surface area contributed by atoms with Crippen LogP contribution < -0.4 is 15.5 Å². The zero-order valence-corrected chi connectivity index (χ0v) is 14.3. The number of amides is 1. The van der Waals surface area contributed by atoms with E-state index in [-0.39, 0.29) is 5.91 Å². The highest BCUT2D eigenvalue weighted by atomic mass is 16.5. The first-order valence-corrected chi connectivity index (χ1v) is 9.07. The maximum Gasteiger partial charge on any atom is 0.220 e. The topological polar surface area (TPSA) is 66.5 Å². The van der Waals surface area contributed by atoms with Gasteiger partial charge in [0, 0.05) is 37.8 Å². The number of piperidine rings is 1. The number of hydrogen-bond acceptors (Lipinski definition) is 5. The zero-order valence-electron chi connectivity index (χ0n) is 14.3. The van der Waals surface area contributed by atoms with Crippen LogP contribution in [0.1, 0.15) is 31.2 Å². The summed E-state index contributed by atoms with van der Waals surface area (Å²) in [5, 5.41) is 6.43. The predicted octanol–water partition coefficient (Wildman–Crippen LogP) is 1.31. The van der Waals surface area contributed by atoms with Crippen LogP contribution in [0.25, 0.3) is 0 Å². The van der Waals surface area contributed by atoms with Crippen molar-refractivity contribution in [3.05, 3.63) is 23.9 Å². The highest BCUT2D eigenvalue weighted by Gasteiger charge is 2.17. The lowest BCUT2D eigenvalue weighted by Crippen LogP contribution is -2.37. The van der Waals surface area contributed by atoms with Gasteiger partial charge in [0.1, 0.15) is 5.82 Å². The van der Waals surface area contributed by atoms with E-state index in [2.05, 4.69) is 20.5 Å². The number of morpholine rings is 1. The molecule has 24 heavy (non-hydrogen) atoms. The predicted molar refractivity (Wildman–Crippen MR) is 93.9 cm³/mol. The molecule has 2 saturated heterocycles. The van der Waals surface area contributed by atoms with Crippen molar-refractivity contribution in [1.82, 2.24) is 15.6 Å². The molecule has 2 aliphatic rings. The Bertz CT molecular complexity index is 526. The summed E-state index contributed by atoms with van der Waals surface area (Å²) < 4.78 is 5.41. The number of carbonyl (C=O) groups is 1. The van der Waals surface area contributed by atoms with Gasteiger partial charge in [-0.15, -0.1) is 0 Å². The number of nitrogens with one attached hydrogen (secondary N) is 2. The van der Waals surface area contributed by atoms with E-state index >= 15 is 0 Å². The molecule has 6 heteroatoms. The molecule has 132 valence electrons. The van der Waals surface area contributed by atoms with Crippen molar-refractivity contribution in [1.29, 1.82) is 0 Å². The van der Waals surface area contributed by atoms with E-state index in [0.29, 0.717) is 18.9 Å². The summed E-state index contributed by atoms with van der Waals surface area (Å²) in [6.07, 6.45) is 5.82. The molecule has 0 atom stereocenters. The van der Waals surface area contributed by atoms with Crippen LogP contribution in [0.15, 0.2) is 18.3 Å². The standard InChI is InChI=1S/C18H28N4O2/c23-17(4-3-15-5-8-19-9-6-15)21-14-16-2-1-7-20-18(16)22-10-12-24-13-11-22/h1-2,7,15,19H,3-6,8-14H2,(H,21,23). The summed E-state index contributed by atoms with van der Waals surface area (Å²) in [5.41, 5.74) is 1.08. The second-order valence-corrected chi connectivity index (χ2v) is 6.59. The molecule has 2 fully saturated rings. The second kappa shape index (κ2) is 8.99. The van der Waals surface area contributed by atoms with Crippen molar-refractivity contribution >= 4 is 11.7 Å². The molecular weight excluding hydrogens is 304 g/mol. The number of pyridine rings is 1. The molecule has 2 aliphatic heterocycles. The summed E-state index contributed by atoms with van der Waals surface area (Å²) in [4.78, 5) is 18.9. The van der Waals surface area contributed by atoms with Gasteiger partial charge in [-0.3, -0.25) is 4.79 Å². The Hall–Kier alpha value is -1.66. The first kappa shape index (κ1) is 17.2. The SMILES string of the molecule is O=C(CCC1CCNCC1)NCc1cccnc1N1CCOCC1. The minimum absolute atomic E-state index is 0.144. The van der Waals surface area contributed by atoms with E-state index in [0.717, 1.165) is 57.2 Å². The highest BCUT2D eigenvalue weighted by molar-refractivity contribution is 5.76. The lowest BCUT2D eigenvalue weighted by Gasteiger charge is -2.29. The lowest BCUT2D eigenvalue weighted by molar-refractivity contribution is -0.121. The molecule has 1 aromatic rings. The maximum atomic E-state index is 12.2. The Morgan fingerprint density at radius 3 is 2.92 bits per heavy atom. The number of aromatic nitrogens is 1. The number of hydrogen-bond donors (Lipinski definition) is 2. The lowest BCUT2D eigenvalue weighted by atomic mass is 9.93. The molecule has 3 heterocycles. The summed E-state index contributed by atoms with van der Waals surface area (Å²) in [6, 6.07) is 3.98. The zero-order chi connectivity index (χ0) is 16.6. The van der Waals surface area contributed by atoms with Crippen LogP contribution in [0.2, 0.25) is 0 Å². The van der Waals surface area contributed by atoms with Crippen LogP contribution in [-0.4, -0.2) is 50.3 Å². The minimum Gasteiger partial charge on any atom is -0.378 e. The highest BCUT2D eigenvalue weighted by Crippen LogP contribution is 2.19. The van der Waals surface area contributed by atoms with Crippen LogP contribution in [-0.2, 0) is 16.1 Å². The molecule has 0 spiro atoms. The number of carbonyl (C=O) groups excluding carboxylic acids is 1. The minimum atomic E-state index is 0.144. The van der Waals surface area contributed by atoms with E-state index in [1.165, 1.54) is 12.8 Å². The van der Waals surface area contributed by atoms with Gasteiger partial charge in [-0.25, -0.2) is 4.98 Å². The van der Waals surface area contributed by atoms with Gasteiger partial charge in [0.2, 0.25) is 5.91 Å². The third kappa shape index (κ3) is 4.92. The van der Waals surface area contributed by atoms with Gasteiger partial charge in [0.05, 0.1) is 13.2 Å². The average Bonchev–Trinajstić information content (AvgIpc) is 2.66. The molecule has 1 amide bonds. The fourth-order valence-corrected chi connectivity index (χ4v) is 3.42. The van der Waals surface area contributed by atoms with Gasteiger partial charge in [-0.05, 0) is 44.3 Å².